The first-order chi connectivity index (χ1) is 9.01. The fourth-order valence-electron chi connectivity index (χ4n) is 2.23. The number of anilines is 1. The van der Waals surface area contributed by atoms with Gasteiger partial charge in [-0.05, 0) is 44.4 Å². The molecule has 0 radical (unpaired) electrons. The van der Waals surface area contributed by atoms with Gasteiger partial charge in [-0.15, -0.1) is 0 Å². The van der Waals surface area contributed by atoms with Gasteiger partial charge in [0.05, 0.1) is 0 Å². The monoisotopic (exact) mass is 284 g/mol. The molecule has 0 spiro atoms. The van der Waals surface area contributed by atoms with Crippen LogP contribution in [0.5, 0.6) is 0 Å². The average molecular weight is 284 g/mol. The second kappa shape index (κ2) is 5.85. The zero-order valence-electron chi connectivity index (χ0n) is 11.0. The Morgan fingerprint density at radius 2 is 2.32 bits per heavy atom. The average Bonchev–Trinajstić information content (AvgIpc) is 2.38. The summed E-state index contributed by atoms with van der Waals surface area (Å²) in [5.41, 5.74) is 6.40. The Bertz CT molecular complexity index is 532. The number of nitrogens with zero attached hydrogens (tertiary/aromatic N) is 2. The van der Waals surface area contributed by atoms with Crippen LogP contribution in [0.25, 0.3) is 0 Å². The van der Waals surface area contributed by atoms with Crippen LogP contribution in [0.2, 0.25) is 0 Å². The summed E-state index contributed by atoms with van der Waals surface area (Å²) in [6.07, 6.45) is 1.84. The summed E-state index contributed by atoms with van der Waals surface area (Å²) in [5, 5.41) is 0. The van der Waals surface area contributed by atoms with E-state index in [1.807, 2.05) is 13.0 Å². The predicted octanol–water partition coefficient (Wildman–Crippen LogP) is 0.717. The molecule has 0 aromatic carbocycles. The Labute approximate surface area is 114 Å². The highest BCUT2D eigenvalue weighted by molar-refractivity contribution is 7.90. The van der Waals surface area contributed by atoms with Gasteiger partial charge in [-0.25, -0.2) is 4.98 Å². The van der Waals surface area contributed by atoms with Crippen molar-refractivity contribution in [2.24, 2.45) is 11.7 Å². The van der Waals surface area contributed by atoms with Crippen LogP contribution < -0.4 is 10.5 Å². The van der Waals surface area contributed by atoms with Crippen molar-refractivity contribution in [2.45, 2.75) is 19.8 Å². The summed E-state index contributed by atoms with van der Waals surface area (Å²) in [6, 6.07) is 5.25. The van der Waals surface area contributed by atoms with E-state index in [1.54, 1.807) is 12.1 Å². The fraction of sp³-hybridized carbons (Fsp3) is 0.583. The van der Waals surface area contributed by atoms with Crippen molar-refractivity contribution in [1.29, 1.82) is 0 Å². The first-order valence-electron chi connectivity index (χ1n) is 6.43. The lowest BCUT2D eigenvalue weighted by Gasteiger charge is -2.31. The van der Waals surface area contributed by atoms with Gasteiger partial charge in [0.25, 0.3) is 0 Å². The van der Waals surface area contributed by atoms with Crippen molar-refractivity contribution in [3.63, 3.8) is 0 Å². The molecule has 106 valence electrons. The van der Waals surface area contributed by atoms with Crippen molar-refractivity contribution in [3.05, 3.63) is 23.9 Å². The summed E-state index contributed by atoms with van der Waals surface area (Å²) in [4.78, 5) is 4.15. The lowest BCUT2D eigenvalue weighted by Crippen LogP contribution is -2.44. The third-order valence-corrected chi connectivity index (χ3v) is 4.76. The zero-order valence-corrected chi connectivity index (χ0v) is 11.9. The Morgan fingerprint density at radius 3 is 3.00 bits per heavy atom. The maximum absolute atomic E-state index is 12.3. The van der Waals surface area contributed by atoms with Crippen LogP contribution in [0.1, 0.15) is 18.5 Å². The minimum absolute atomic E-state index is 0.246. The molecule has 7 heteroatoms. The van der Waals surface area contributed by atoms with Crippen LogP contribution >= 0.6 is 0 Å². The molecule has 1 atom stereocenters. The molecule has 2 heterocycles. The third-order valence-electron chi connectivity index (χ3n) is 3.28. The second-order valence-corrected chi connectivity index (χ2v) is 6.54. The molecule has 0 aliphatic carbocycles. The van der Waals surface area contributed by atoms with E-state index in [-0.39, 0.29) is 5.92 Å². The molecule has 1 aliphatic heterocycles. The van der Waals surface area contributed by atoms with Crippen LogP contribution in [0.4, 0.5) is 5.82 Å². The predicted molar refractivity (Wildman–Crippen MR) is 74.9 cm³/mol. The molecule has 0 amide bonds. The molecule has 3 N–H and O–H groups in total. The maximum Gasteiger partial charge on any atom is 0.302 e. The van der Waals surface area contributed by atoms with Crippen LogP contribution in [-0.4, -0.2) is 37.3 Å². The van der Waals surface area contributed by atoms with Crippen LogP contribution in [0.3, 0.4) is 0 Å². The first kappa shape index (κ1) is 14.2. The van der Waals surface area contributed by atoms with Crippen molar-refractivity contribution in [3.8, 4) is 0 Å². The summed E-state index contributed by atoms with van der Waals surface area (Å²) in [6.45, 7) is 3.37. The summed E-state index contributed by atoms with van der Waals surface area (Å²) in [5.74, 6) is 0.602. The first-order valence-corrected chi connectivity index (χ1v) is 7.87. The molecule has 6 nitrogen and oxygen atoms in total. The van der Waals surface area contributed by atoms with Crippen LogP contribution in [0, 0.1) is 12.8 Å². The molecule has 2 rings (SSSR count). The lowest BCUT2D eigenvalue weighted by molar-refractivity contribution is 0.273. The Kier molecular flexibility index (Phi) is 4.38. The summed E-state index contributed by atoms with van der Waals surface area (Å²) < 4.78 is 28.5. The molecular formula is C12H20N4O2S. The smallest absolute Gasteiger partial charge is 0.302 e. The topological polar surface area (TPSA) is 88.3 Å². The molecule has 1 saturated heterocycles. The number of hydrogen-bond donors (Lipinski definition) is 2. The lowest BCUT2D eigenvalue weighted by atomic mass is 10.0. The highest BCUT2D eigenvalue weighted by atomic mass is 32.2. The molecule has 1 aromatic rings. The van der Waals surface area contributed by atoms with Crippen molar-refractivity contribution in [2.75, 3.05) is 24.4 Å². The Hall–Kier alpha value is -1.18. The third kappa shape index (κ3) is 3.65. The van der Waals surface area contributed by atoms with Gasteiger partial charge >= 0.3 is 10.2 Å². The largest absolute Gasteiger partial charge is 0.330 e. The number of rotatable bonds is 4. The number of nitrogens with two attached hydrogens (primary N) is 1. The molecule has 0 saturated carbocycles. The minimum atomic E-state index is -3.53. The quantitative estimate of drug-likeness (QED) is 0.852. The maximum atomic E-state index is 12.3. The normalized spacial score (nSPS) is 21.3. The van der Waals surface area contributed by atoms with Gasteiger partial charge in [-0.3, -0.25) is 4.72 Å². The molecule has 19 heavy (non-hydrogen) atoms. The molecule has 1 aromatic heterocycles. The molecule has 0 bridgehead atoms. The van der Waals surface area contributed by atoms with E-state index in [2.05, 4.69) is 9.71 Å². The van der Waals surface area contributed by atoms with E-state index in [1.165, 1.54) is 4.31 Å². The number of piperidine rings is 1. The van der Waals surface area contributed by atoms with Gasteiger partial charge < -0.3 is 5.73 Å². The summed E-state index contributed by atoms with van der Waals surface area (Å²) in [7, 11) is -3.53. The number of aromatic nitrogens is 1. The number of pyridine rings is 1. The Balaban J connectivity index is 2.09. The Morgan fingerprint density at radius 1 is 1.53 bits per heavy atom. The standard InChI is InChI=1S/C12H20N4O2S/c1-10-4-2-6-12(14-10)15-19(17,18)16-7-3-5-11(8-13)9-16/h2,4,6,11H,3,5,7-9,13H2,1H3,(H,14,15). The van der Waals surface area contributed by atoms with E-state index < -0.39 is 10.2 Å². The molecule has 1 fully saturated rings. The van der Waals surface area contributed by atoms with E-state index >= 15 is 0 Å². The van der Waals surface area contributed by atoms with E-state index in [0.717, 1.165) is 18.5 Å². The van der Waals surface area contributed by atoms with Gasteiger partial charge in [-0.1, -0.05) is 6.07 Å². The van der Waals surface area contributed by atoms with Crippen LogP contribution in [0.15, 0.2) is 18.2 Å². The van der Waals surface area contributed by atoms with Gasteiger partial charge in [0.1, 0.15) is 5.82 Å². The van der Waals surface area contributed by atoms with E-state index in [9.17, 15) is 8.42 Å². The highest BCUT2D eigenvalue weighted by Crippen LogP contribution is 2.19. The van der Waals surface area contributed by atoms with E-state index in [4.69, 9.17) is 5.73 Å². The number of hydrogen-bond acceptors (Lipinski definition) is 4. The highest BCUT2D eigenvalue weighted by Gasteiger charge is 2.28. The van der Waals surface area contributed by atoms with Gasteiger partial charge in [0, 0.05) is 18.8 Å². The fourth-order valence-corrected chi connectivity index (χ4v) is 3.52. The van der Waals surface area contributed by atoms with Gasteiger partial charge in [0.15, 0.2) is 0 Å². The van der Waals surface area contributed by atoms with Gasteiger partial charge in [-0.2, -0.15) is 12.7 Å². The molecule has 1 unspecified atom stereocenters. The molecular weight excluding hydrogens is 264 g/mol. The van der Waals surface area contributed by atoms with Crippen molar-refractivity contribution >= 4 is 16.0 Å². The van der Waals surface area contributed by atoms with Crippen LogP contribution in [-0.2, 0) is 10.2 Å². The number of aryl methyl sites for hydroxylation is 1. The number of nitrogens with one attached hydrogen (secondary N) is 1. The van der Waals surface area contributed by atoms with Crippen molar-refractivity contribution in [1.82, 2.24) is 9.29 Å². The summed E-state index contributed by atoms with van der Waals surface area (Å²) >= 11 is 0. The van der Waals surface area contributed by atoms with Gasteiger partial charge in [0.2, 0.25) is 0 Å². The second-order valence-electron chi connectivity index (χ2n) is 4.87. The van der Waals surface area contributed by atoms with Crippen molar-refractivity contribution < 1.29 is 8.42 Å². The zero-order chi connectivity index (χ0) is 13.9. The van der Waals surface area contributed by atoms with E-state index in [0.29, 0.717) is 25.5 Å². The minimum Gasteiger partial charge on any atom is -0.330 e. The molecule has 1 aliphatic rings. The SMILES string of the molecule is Cc1cccc(NS(=O)(=O)N2CCCC(CN)C2)n1.